The highest BCUT2D eigenvalue weighted by Gasteiger charge is 2.24. The highest BCUT2D eigenvalue weighted by atomic mass is 16.5. The van der Waals surface area contributed by atoms with Gasteiger partial charge in [-0.3, -0.25) is 9.59 Å². The molecule has 1 N–H and O–H groups in total. The molecule has 2 amide bonds. The van der Waals surface area contributed by atoms with Crippen LogP contribution in [0.5, 0.6) is 5.75 Å². The van der Waals surface area contributed by atoms with Crippen molar-refractivity contribution in [2.45, 2.75) is 39.3 Å². The van der Waals surface area contributed by atoms with Crippen molar-refractivity contribution >= 4 is 17.6 Å². The average molecular weight is 480 g/mol. The third-order valence-corrected chi connectivity index (χ3v) is 5.85. The van der Waals surface area contributed by atoms with E-state index in [-0.39, 0.29) is 17.9 Å². The zero-order valence-electron chi connectivity index (χ0n) is 20.3. The molecule has 3 aromatic rings. The molecule has 11 heteroatoms. The number of fused-ring (bicyclic) bond motifs is 1. The summed E-state index contributed by atoms with van der Waals surface area (Å²) in [5, 5.41) is 14.7. The Balaban J connectivity index is 1.56. The minimum absolute atomic E-state index is 0.0315. The van der Waals surface area contributed by atoms with Crippen molar-refractivity contribution in [3.63, 3.8) is 0 Å². The molecule has 0 unspecified atom stereocenters. The summed E-state index contributed by atoms with van der Waals surface area (Å²) in [4.78, 5) is 32.0. The molecule has 0 fully saturated rings. The molecule has 11 nitrogen and oxygen atoms in total. The number of amides is 2. The number of ether oxygens (including phenoxy) is 2. The molecule has 0 saturated carbocycles. The monoisotopic (exact) mass is 479 g/mol. The van der Waals surface area contributed by atoms with Gasteiger partial charge in [-0.2, -0.15) is 0 Å². The Labute approximate surface area is 203 Å². The normalized spacial score (nSPS) is 13.0. The van der Waals surface area contributed by atoms with Crippen molar-refractivity contribution in [2.24, 2.45) is 0 Å². The van der Waals surface area contributed by atoms with Crippen LogP contribution in [0.4, 0.5) is 5.82 Å². The molecule has 0 aliphatic carbocycles. The quantitative estimate of drug-likeness (QED) is 0.523. The summed E-state index contributed by atoms with van der Waals surface area (Å²) >= 11 is 0. The standard InChI is InChI=1S/C24H29N7O4/c1-15(2)31-23(27-28-29-31)19-6-5-7-21(25-19)26-24(33)18-12-17-14-30(22(32)9-11-34-3)10-8-16(17)13-20(18)35-4/h5-7,12-13,15H,8-11,14H2,1-4H3,(H,25,26,33). The van der Waals surface area contributed by atoms with Gasteiger partial charge in [-0.05, 0) is 66.1 Å². The van der Waals surface area contributed by atoms with Gasteiger partial charge in [-0.1, -0.05) is 6.07 Å². The first-order valence-electron chi connectivity index (χ1n) is 11.4. The molecule has 1 aliphatic heterocycles. The minimum Gasteiger partial charge on any atom is -0.496 e. The Morgan fingerprint density at radius 3 is 2.74 bits per heavy atom. The molecule has 0 saturated heterocycles. The lowest BCUT2D eigenvalue weighted by molar-refractivity contribution is -0.133. The molecule has 184 valence electrons. The van der Waals surface area contributed by atoms with E-state index < -0.39 is 0 Å². The second kappa shape index (κ2) is 10.6. The zero-order valence-corrected chi connectivity index (χ0v) is 20.3. The summed E-state index contributed by atoms with van der Waals surface area (Å²) in [6.07, 6.45) is 1.03. The molecular formula is C24H29N7O4. The molecule has 1 aromatic carbocycles. The number of hydrogen-bond acceptors (Lipinski definition) is 8. The van der Waals surface area contributed by atoms with Crippen LogP contribution in [0.2, 0.25) is 0 Å². The molecule has 0 radical (unpaired) electrons. The van der Waals surface area contributed by atoms with Crippen molar-refractivity contribution in [3.8, 4) is 17.3 Å². The van der Waals surface area contributed by atoms with Crippen molar-refractivity contribution in [1.82, 2.24) is 30.1 Å². The SMILES string of the molecule is COCCC(=O)N1CCc2cc(OC)c(C(=O)Nc3cccc(-c4nnnn4C(C)C)n3)cc2C1. The number of tetrazole rings is 1. The molecular weight excluding hydrogens is 450 g/mol. The van der Waals surface area contributed by atoms with Crippen LogP contribution in [0.15, 0.2) is 30.3 Å². The summed E-state index contributed by atoms with van der Waals surface area (Å²) in [6.45, 7) is 5.39. The number of anilines is 1. The first-order chi connectivity index (χ1) is 16.9. The van der Waals surface area contributed by atoms with Gasteiger partial charge in [0.25, 0.3) is 5.91 Å². The molecule has 0 atom stereocenters. The summed E-state index contributed by atoms with van der Waals surface area (Å²) in [7, 11) is 3.11. The molecule has 2 aromatic heterocycles. The third-order valence-electron chi connectivity index (χ3n) is 5.85. The average Bonchev–Trinajstić information content (AvgIpc) is 3.37. The van der Waals surface area contributed by atoms with E-state index in [1.54, 1.807) is 41.0 Å². The van der Waals surface area contributed by atoms with E-state index in [0.29, 0.717) is 61.2 Å². The lowest BCUT2D eigenvalue weighted by atomic mass is 9.96. The van der Waals surface area contributed by atoms with Crippen molar-refractivity contribution < 1.29 is 19.1 Å². The molecule has 1 aliphatic rings. The summed E-state index contributed by atoms with van der Waals surface area (Å²) < 4.78 is 12.2. The fraction of sp³-hybridized carbons (Fsp3) is 0.417. The lowest BCUT2D eigenvalue weighted by Crippen LogP contribution is -2.36. The minimum atomic E-state index is -0.361. The number of carbonyl (C=O) groups excluding carboxylic acids is 2. The molecule has 4 rings (SSSR count). The first-order valence-corrected chi connectivity index (χ1v) is 11.4. The first kappa shape index (κ1) is 24.3. The number of hydrogen-bond donors (Lipinski definition) is 1. The van der Waals surface area contributed by atoms with E-state index in [1.807, 2.05) is 19.9 Å². The van der Waals surface area contributed by atoms with Crippen LogP contribution in [0.3, 0.4) is 0 Å². The number of benzene rings is 1. The second-order valence-electron chi connectivity index (χ2n) is 8.53. The summed E-state index contributed by atoms with van der Waals surface area (Å²) in [5.74, 6) is 1.02. The fourth-order valence-electron chi connectivity index (χ4n) is 4.02. The number of pyridine rings is 1. The van der Waals surface area contributed by atoms with Crippen LogP contribution in [-0.2, 0) is 22.5 Å². The lowest BCUT2D eigenvalue weighted by Gasteiger charge is -2.29. The Hall–Kier alpha value is -3.86. The molecule has 35 heavy (non-hydrogen) atoms. The Morgan fingerprint density at radius 2 is 2.00 bits per heavy atom. The maximum absolute atomic E-state index is 13.2. The highest BCUT2D eigenvalue weighted by Crippen LogP contribution is 2.29. The maximum atomic E-state index is 13.2. The van der Waals surface area contributed by atoms with E-state index in [2.05, 4.69) is 25.8 Å². The van der Waals surface area contributed by atoms with E-state index in [1.165, 1.54) is 7.11 Å². The van der Waals surface area contributed by atoms with Gasteiger partial charge in [0, 0.05) is 20.2 Å². The maximum Gasteiger partial charge on any atom is 0.260 e. The Morgan fingerprint density at radius 1 is 1.17 bits per heavy atom. The van der Waals surface area contributed by atoms with Gasteiger partial charge in [-0.25, -0.2) is 9.67 Å². The molecule has 0 spiro atoms. The smallest absolute Gasteiger partial charge is 0.260 e. The topological polar surface area (TPSA) is 124 Å². The van der Waals surface area contributed by atoms with Crippen molar-refractivity contribution in [2.75, 3.05) is 32.7 Å². The zero-order chi connectivity index (χ0) is 24.9. The summed E-state index contributed by atoms with van der Waals surface area (Å²) in [5.41, 5.74) is 2.90. The number of rotatable bonds is 8. The van der Waals surface area contributed by atoms with Crippen LogP contribution in [0.25, 0.3) is 11.5 Å². The van der Waals surface area contributed by atoms with Crippen molar-refractivity contribution in [3.05, 3.63) is 47.0 Å². The largest absolute Gasteiger partial charge is 0.496 e. The Kier molecular flexibility index (Phi) is 7.35. The van der Waals surface area contributed by atoms with E-state index in [9.17, 15) is 9.59 Å². The Bertz CT molecular complexity index is 1220. The molecule has 3 heterocycles. The van der Waals surface area contributed by atoms with Gasteiger partial charge in [0.2, 0.25) is 11.7 Å². The van der Waals surface area contributed by atoms with Crippen LogP contribution < -0.4 is 10.1 Å². The van der Waals surface area contributed by atoms with Gasteiger partial charge in [-0.15, -0.1) is 5.10 Å². The predicted molar refractivity (Wildman–Crippen MR) is 128 cm³/mol. The molecule has 0 bridgehead atoms. The van der Waals surface area contributed by atoms with Crippen LogP contribution >= 0.6 is 0 Å². The summed E-state index contributed by atoms with van der Waals surface area (Å²) in [6, 6.07) is 9.00. The van der Waals surface area contributed by atoms with Crippen LogP contribution in [0.1, 0.15) is 47.8 Å². The van der Waals surface area contributed by atoms with Gasteiger partial charge in [0.05, 0.1) is 31.7 Å². The number of aromatic nitrogens is 5. The van der Waals surface area contributed by atoms with Gasteiger partial charge < -0.3 is 19.7 Å². The number of nitrogens with one attached hydrogen (secondary N) is 1. The third kappa shape index (κ3) is 5.29. The fourth-order valence-corrected chi connectivity index (χ4v) is 4.02. The van der Waals surface area contributed by atoms with E-state index in [4.69, 9.17) is 9.47 Å². The second-order valence-corrected chi connectivity index (χ2v) is 8.53. The van der Waals surface area contributed by atoms with Crippen molar-refractivity contribution in [1.29, 1.82) is 0 Å². The number of nitrogens with zero attached hydrogens (tertiary/aromatic N) is 6. The number of methoxy groups -OCH3 is 2. The van der Waals surface area contributed by atoms with Gasteiger partial charge in [0.15, 0.2) is 0 Å². The van der Waals surface area contributed by atoms with Gasteiger partial charge >= 0.3 is 0 Å². The number of carbonyl (C=O) groups is 2. The van der Waals surface area contributed by atoms with E-state index in [0.717, 1.165) is 11.1 Å². The van der Waals surface area contributed by atoms with E-state index >= 15 is 0 Å². The van der Waals surface area contributed by atoms with Crippen LogP contribution in [-0.4, -0.2) is 69.3 Å². The highest BCUT2D eigenvalue weighted by molar-refractivity contribution is 6.06. The predicted octanol–water partition coefficient (Wildman–Crippen LogP) is 2.50. The van der Waals surface area contributed by atoms with Gasteiger partial charge in [0.1, 0.15) is 17.3 Å². The van der Waals surface area contributed by atoms with Crippen LogP contribution in [0, 0.1) is 0 Å².